The maximum Gasteiger partial charge on any atom is 0.355 e. The molecule has 0 bridgehead atoms. The molecule has 0 radical (unpaired) electrons. The SMILES string of the molecule is CCOC(=O)c1c(C)c(C(=O)CN(Cc2ccc(F)cc2)C(=O)c2cccs2)c(C)n1C. The molecular weight excluding hydrogens is 431 g/mol. The van der Waals surface area contributed by atoms with Gasteiger partial charge in [0.05, 0.1) is 18.0 Å². The molecule has 0 N–H and O–H groups in total. The minimum atomic E-state index is -0.493. The highest BCUT2D eigenvalue weighted by Crippen LogP contribution is 2.24. The molecule has 0 atom stereocenters. The summed E-state index contributed by atoms with van der Waals surface area (Å²) in [7, 11) is 1.71. The van der Waals surface area contributed by atoms with E-state index in [1.165, 1.54) is 28.4 Å². The Kier molecular flexibility index (Phi) is 7.25. The first-order valence-electron chi connectivity index (χ1n) is 10.2. The Balaban J connectivity index is 1.93. The van der Waals surface area contributed by atoms with Crippen LogP contribution in [0.25, 0.3) is 0 Å². The second-order valence-corrected chi connectivity index (χ2v) is 8.35. The van der Waals surface area contributed by atoms with Crippen LogP contribution in [0.5, 0.6) is 0 Å². The average Bonchev–Trinajstić information content (AvgIpc) is 3.36. The fourth-order valence-corrected chi connectivity index (χ4v) is 4.39. The molecule has 2 aromatic heterocycles. The van der Waals surface area contributed by atoms with Crippen molar-refractivity contribution < 1.29 is 23.5 Å². The van der Waals surface area contributed by atoms with Crippen molar-refractivity contribution in [2.75, 3.05) is 13.2 Å². The van der Waals surface area contributed by atoms with Gasteiger partial charge in [-0.3, -0.25) is 9.59 Å². The van der Waals surface area contributed by atoms with Gasteiger partial charge in [0.25, 0.3) is 5.91 Å². The number of carbonyl (C=O) groups is 3. The smallest absolute Gasteiger partial charge is 0.355 e. The molecule has 0 saturated carbocycles. The summed E-state index contributed by atoms with van der Waals surface area (Å²) in [6.45, 7) is 5.39. The van der Waals surface area contributed by atoms with Gasteiger partial charge in [-0.1, -0.05) is 18.2 Å². The van der Waals surface area contributed by atoms with E-state index in [1.807, 2.05) is 0 Å². The van der Waals surface area contributed by atoms with Crippen molar-refractivity contribution in [1.82, 2.24) is 9.47 Å². The molecule has 0 saturated heterocycles. The van der Waals surface area contributed by atoms with Crippen LogP contribution in [0.2, 0.25) is 0 Å². The van der Waals surface area contributed by atoms with Crippen LogP contribution in [0.15, 0.2) is 41.8 Å². The third-order valence-corrected chi connectivity index (χ3v) is 6.18. The minimum Gasteiger partial charge on any atom is -0.461 e. The quantitative estimate of drug-likeness (QED) is 0.369. The Morgan fingerprint density at radius 3 is 2.41 bits per heavy atom. The summed E-state index contributed by atoms with van der Waals surface area (Å²) in [5.74, 6) is -1.43. The summed E-state index contributed by atoms with van der Waals surface area (Å²) >= 11 is 1.29. The fourth-order valence-electron chi connectivity index (χ4n) is 3.70. The van der Waals surface area contributed by atoms with Gasteiger partial charge < -0.3 is 14.2 Å². The molecule has 0 unspecified atom stereocenters. The topological polar surface area (TPSA) is 68.6 Å². The number of hydrogen-bond donors (Lipinski definition) is 0. The number of benzene rings is 1. The molecular formula is C24H25FN2O4S. The molecule has 0 aliphatic carbocycles. The first-order valence-corrected chi connectivity index (χ1v) is 11.1. The molecule has 0 fully saturated rings. The molecule has 0 aliphatic rings. The number of ketones is 1. The van der Waals surface area contributed by atoms with Crippen LogP contribution >= 0.6 is 11.3 Å². The van der Waals surface area contributed by atoms with Crippen molar-refractivity contribution in [3.63, 3.8) is 0 Å². The molecule has 3 rings (SSSR count). The van der Waals surface area contributed by atoms with E-state index in [2.05, 4.69) is 0 Å². The van der Waals surface area contributed by atoms with E-state index in [0.717, 1.165) is 0 Å². The van der Waals surface area contributed by atoms with Crippen LogP contribution in [0, 0.1) is 19.7 Å². The lowest BCUT2D eigenvalue weighted by Crippen LogP contribution is -2.35. The highest BCUT2D eigenvalue weighted by atomic mass is 32.1. The van der Waals surface area contributed by atoms with Crippen LogP contribution in [0.3, 0.4) is 0 Å². The molecule has 32 heavy (non-hydrogen) atoms. The number of Topliss-reactive ketones (excluding diaryl/α,β-unsaturated/α-hetero) is 1. The molecule has 3 aromatic rings. The van der Waals surface area contributed by atoms with Gasteiger partial charge in [-0.2, -0.15) is 0 Å². The summed E-state index contributed by atoms with van der Waals surface area (Å²) in [5.41, 5.74) is 2.58. The van der Waals surface area contributed by atoms with Gasteiger partial charge in [-0.25, -0.2) is 9.18 Å². The number of ether oxygens (including phenoxy) is 1. The van der Waals surface area contributed by atoms with Crippen molar-refractivity contribution in [1.29, 1.82) is 0 Å². The normalized spacial score (nSPS) is 10.8. The lowest BCUT2D eigenvalue weighted by atomic mass is 10.0. The monoisotopic (exact) mass is 456 g/mol. The van der Waals surface area contributed by atoms with Crippen LogP contribution in [-0.2, 0) is 18.3 Å². The Hall–Kier alpha value is -3.26. The predicted octanol–water partition coefficient (Wildman–Crippen LogP) is 4.54. The minimum absolute atomic E-state index is 0.151. The summed E-state index contributed by atoms with van der Waals surface area (Å²) < 4.78 is 20.1. The maximum absolute atomic E-state index is 13.3. The number of nitrogens with zero attached hydrogens (tertiary/aromatic N) is 2. The summed E-state index contributed by atoms with van der Waals surface area (Å²) in [4.78, 5) is 40.8. The van der Waals surface area contributed by atoms with Crippen molar-refractivity contribution in [2.45, 2.75) is 27.3 Å². The Morgan fingerprint density at radius 2 is 1.81 bits per heavy atom. The lowest BCUT2D eigenvalue weighted by Gasteiger charge is -2.22. The van der Waals surface area contributed by atoms with Crippen LogP contribution in [-0.4, -0.2) is 40.3 Å². The molecule has 168 valence electrons. The number of halogens is 1. The molecule has 0 spiro atoms. The first kappa shape index (κ1) is 23.4. The lowest BCUT2D eigenvalue weighted by molar-refractivity contribution is 0.0514. The molecule has 6 nitrogen and oxygen atoms in total. The third-order valence-electron chi connectivity index (χ3n) is 5.32. The van der Waals surface area contributed by atoms with Crippen LogP contribution in [0.1, 0.15) is 54.3 Å². The molecule has 0 aliphatic heterocycles. The van der Waals surface area contributed by atoms with Gasteiger partial charge in [0.1, 0.15) is 11.5 Å². The number of hydrogen-bond acceptors (Lipinski definition) is 5. The average molecular weight is 457 g/mol. The van der Waals surface area contributed by atoms with Crippen molar-refractivity contribution in [2.24, 2.45) is 7.05 Å². The Labute approximate surface area is 190 Å². The fraction of sp³-hybridized carbons (Fsp3) is 0.292. The Bertz CT molecular complexity index is 1130. The number of rotatable bonds is 8. The highest BCUT2D eigenvalue weighted by molar-refractivity contribution is 7.12. The van der Waals surface area contributed by atoms with Crippen molar-refractivity contribution in [3.05, 3.63) is 80.6 Å². The zero-order chi connectivity index (χ0) is 23.4. The van der Waals surface area contributed by atoms with Crippen LogP contribution < -0.4 is 0 Å². The van der Waals surface area contributed by atoms with E-state index in [9.17, 15) is 18.8 Å². The van der Waals surface area contributed by atoms with Gasteiger partial charge >= 0.3 is 5.97 Å². The van der Waals surface area contributed by atoms with E-state index in [0.29, 0.717) is 33.0 Å². The van der Waals surface area contributed by atoms with Crippen molar-refractivity contribution in [3.8, 4) is 0 Å². The van der Waals surface area contributed by atoms with E-state index in [-0.39, 0.29) is 37.2 Å². The molecule has 1 amide bonds. The second-order valence-electron chi connectivity index (χ2n) is 7.40. The number of aromatic nitrogens is 1. The van der Waals surface area contributed by atoms with Gasteiger partial charge in [0.15, 0.2) is 5.78 Å². The molecule has 2 heterocycles. The summed E-state index contributed by atoms with van der Waals surface area (Å²) in [6, 6.07) is 9.29. The zero-order valence-electron chi connectivity index (χ0n) is 18.5. The number of thiophene rings is 1. The van der Waals surface area contributed by atoms with Gasteiger partial charge in [-0.15, -0.1) is 11.3 Å². The zero-order valence-corrected chi connectivity index (χ0v) is 19.3. The third kappa shape index (κ3) is 4.80. The maximum atomic E-state index is 13.3. The molecule has 8 heteroatoms. The number of amides is 1. The van der Waals surface area contributed by atoms with E-state index < -0.39 is 5.97 Å². The predicted molar refractivity (Wildman–Crippen MR) is 121 cm³/mol. The van der Waals surface area contributed by atoms with Crippen molar-refractivity contribution >= 4 is 29.0 Å². The van der Waals surface area contributed by atoms with E-state index in [1.54, 1.807) is 62.0 Å². The highest BCUT2D eigenvalue weighted by Gasteiger charge is 2.28. The molecule has 1 aromatic carbocycles. The van der Waals surface area contributed by atoms with E-state index >= 15 is 0 Å². The number of esters is 1. The summed E-state index contributed by atoms with van der Waals surface area (Å²) in [5, 5.41) is 1.79. The summed E-state index contributed by atoms with van der Waals surface area (Å²) in [6.07, 6.45) is 0. The van der Waals surface area contributed by atoms with E-state index in [4.69, 9.17) is 4.74 Å². The van der Waals surface area contributed by atoms with Gasteiger partial charge in [0, 0.05) is 24.8 Å². The second kappa shape index (κ2) is 9.91. The standard InChI is InChI=1S/C24H25FN2O4S/c1-5-31-24(30)22-15(2)21(16(3)26(22)4)19(28)14-27(23(29)20-7-6-12-32-20)13-17-8-10-18(25)11-9-17/h6-12H,5,13-14H2,1-4H3. The van der Waals surface area contributed by atoms with Gasteiger partial charge in [-0.05, 0) is 55.5 Å². The number of carbonyl (C=O) groups excluding carboxylic acids is 3. The largest absolute Gasteiger partial charge is 0.461 e. The van der Waals surface area contributed by atoms with Gasteiger partial charge in [0.2, 0.25) is 0 Å². The Morgan fingerprint density at radius 1 is 1.12 bits per heavy atom. The van der Waals surface area contributed by atoms with Crippen LogP contribution in [0.4, 0.5) is 4.39 Å². The first-order chi connectivity index (χ1) is 15.2.